The van der Waals surface area contributed by atoms with E-state index < -0.39 is 9.03 Å². The number of nitrogens with two attached hydrogens (primary N) is 1. The van der Waals surface area contributed by atoms with Gasteiger partial charge in [0.15, 0.2) is 0 Å². The fraction of sp³-hybridized carbons (Fsp3) is 0.0769. The topological polar surface area (TPSA) is 66.5 Å². The maximum Gasteiger partial charge on any atom is 0.149 e. The van der Waals surface area contributed by atoms with Gasteiger partial charge in [0.25, 0.3) is 0 Å². The highest BCUT2D eigenvalue weighted by molar-refractivity contribution is 7.23. The molecule has 0 aromatic heterocycles. The summed E-state index contributed by atoms with van der Waals surface area (Å²) >= 11 is 0. The molecule has 2 aromatic rings. The maximum absolute atomic E-state index is 7.15. The third-order valence-corrected chi connectivity index (χ3v) is 2.32. The molecule has 0 aliphatic rings. The van der Waals surface area contributed by atoms with Crippen LogP contribution in [0, 0.1) is 0 Å². The molecule has 2 aromatic carbocycles. The molecule has 0 atom stereocenters. The van der Waals surface area contributed by atoms with E-state index in [4.69, 9.17) is 15.5 Å². The highest BCUT2D eigenvalue weighted by Crippen LogP contribution is 2.18. The summed E-state index contributed by atoms with van der Waals surface area (Å²) in [6.07, 6.45) is 0. The van der Waals surface area contributed by atoms with Crippen LogP contribution in [0.15, 0.2) is 60.7 Å². The van der Waals surface area contributed by atoms with Crippen molar-refractivity contribution in [3.05, 3.63) is 71.8 Å². The van der Waals surface area contributed by atoms with Crippen LogP contribution in [0.4, 0.5) is 0 Å². The SMILES string of the molecule is NC(c1ccccc1)c1ccccc1.OPO. The molecular formula is C13H16NO2P. The van der Waals surface area contributed by atoms with Crippen molar-refractivity contribution in [1.82, 2.24) is 0 Å². The third-order valence-electron chi connectivity index (χ3n) is 2.32. The van der Waals surface area contributed by atoms with Crippen LogP contribution in [0.3, 0.4) is 0 Å². The molecule has 0 spiro atoms. The average Bonchev–Trinajstić information content (AvgIpc) is 2.41. The Morgan fingerprint density at radius 1 is 0.765 bits per heavy atom. The minimum absolute atomic E-state index is 0.0163. The molecule has 0 saturated carbocycles. The summed E-state index contributed by atoms with van der Waals surface area (Å²) in [6, 6.07) is 20.2. The van der Waals surface area contributed by atoms with E-state index in [-0.39, 0.29) is 6.04 Å². The zero-order valence-corrected chi connectivity index (χ0v) is 10.3. The number of hydrogen-bond donors (Lipinski definition) is 3. The zero-order valence-electron chi connectivity index (χ0n) is 9.32. The molecular weight excluding hydrogens is 233 g/mol. The normalized spacial score (nSPS) is 9.65. The van der Waals surface area contributed by atoms with Gasteiger partial charge in [-0.15, -0.1) is 0 Å². The monoisotopic (exact) mass is 249 g/mol. The van der Waals surface area contributed by atoms with Crippen molar-refractivity contribution in [3.8, 4) is 0 Å². The lowest BCUT2D eigenvalue weighted by Crippen LogP contribution is -2.11. The molecule has 0 aliphatic heterocycles. The van der Waals surface area contributed by atoms with E-state index in [1.54, 1.807) is 0 Å². The average molecular weight is 249 g/mol. The zero-order chi connectivity index (χ0) is 12.5. The first-order valence-corrected chi connectivity index (χ1v) is 6.07. The van der Waals surface area contributed by atoms with Crippen molar-refractivity contribution >= 4 is 9.03 Å². The second-order valence-electron chi connectivity index (χ2n) is 3.40. The van der Waals surface area contributed by atoms with Gasteiger partial charge in [-0.2, -0.15) is 0 Å². The van der Waals surface area contributed by atoms with Gasteiger partial charge in [-0.25, -0.2) is 0 Å². The van der Waals surface area contributed by atoms with Crippen molar-refractivity contribution < 1.29 is 9.79 Å². The molecule has 0 radical (unpaired) electrons. The third kappa shape index (κ3) is 4.63. The minimum atomic E-state index is -0.917. The van der Waals surface area contributed by atoms with E-state index in [1.165, 1.54) is 0 Å². The van der Waals surface area contributed by atoms with Crippen molar-refractivity contribution in [2.45, 2.75) is 6.04 Å². The summed E-state index contributed by atoms with van der Waals surface area (Å²) in [5, 5.41) is 0. The van der Waals surface area contributed by atoms with Crippen LogP contribution >= 0.6 is 9.03 Å². The van der Waals surface area contributed by atoms with Crippen molar-refractivity contribution in [3.63, 3.8) is 0 Å². The molecule has 4 heteroatoms. The van der Waals surface area contributed by atoms with E-state index in [0.717, 1.165) is 11.1 Å². The first kappa shape index (κ1) is 13.8. The van der Waals surface area contributed by atoms with Gasteiger partial charge in [0.2, 0.25) is 0 Å². The summed E-state index contributed by atoms with van der Waals surface area (Å²) in [4.78, 5) is 14.3. The Kier molecular flexibility index (Phi) is 6.45. The fourth-order valence-electron chi connectivity index (χ4n) is 1.51. The molecule has 0 saturated heterocycles. The Morgan fingerprint density at radius 2 is 1.06 bits per heavy atom. The van der Waals surface area contributed by atoms with Gasteiger partial charge in [0, 0.05) is 0 Å². The molecule has 0 aliphatic carbocycles. The molecule has 0 heterocycles. The van der Waals surface area contributed by atoms with E-state index in [2.05, 4.69) is 24.3 Å². The van der Waals surface area contributed by atoms with Crippen LogP contribution in [0.1, 0.15) is 17.2 Å². The summed E-state index contributed by atoms with van der Waals surface area (Å²) in [6.45, 7) is 0. The van der Waals surface area contributed by atoms with Crippen molar-refractivity contribution in [2.24, 2.45) is 5.73 Å². The Labute approximate surface area is 103 Å². The molecule has 4 N–H and O–H groups in total. The molecule has 0 amide bonds. The fourth-order valence-corrected chi connectivity index (χ4v) is 1.51. The smallest absolute Gasteiger partial charge is 0.149 e. The first-order chi connectivity index (χ1) is 8.29. The lowest BCUT2D eigenvalue weighted by atomic mass is 10.00. The molecule has 0 fully saturated rings. The van der Waals surface area contributed by atoms with E-state index in [0.29, 0.717) is 0 Å². The lowest BCUT2D eigenvalue weighted by Gasteiger charge is -2.11. The largest absolute Gasteiger partial charge is 0.352 e. The van der Waals surface area contributed by atoms with E-state index >= 15 is 0 Å². The molecule has 90 valence electrons. The van der Waals surface area contributed by atoms with Gasteiger partial charge in [-0.3, -0.25) is 0 Å². The molecule has 17 heavy (non-hydrogen) atoms. The highest BCUT2D eigenvalue weighted by Gasteiger charge is 2.06. The maximum atomic E-state index is 7.15. The number of benzene rings is 2. The van der Waals surface area contributed by atoms with Crippen LogP contribution in [-0.4, -0.2) is 9.79 Å². The minimum Gasteiger partial charge on any atom is -0.352 e. The van der Waals surface area contributed by atoms with Crippen molar-refractivity contribution in [2.75, 3.05) is 0 Å². The Balaban J connectivity index is 0.000000437. The van der Waals surface area contributed by atoms with Crippen LogP contribution in [0.25, 0.3) is 0 Å². The standard InChI is InChI=1S/C13H13N.H3O2P/c14-13(11-7-3-1-4-8-11)12-9-5-2-6-10-12;1-3-2/h1-10,13H,14H2;1-3H. The van der Waals surface area contributed by atoms with Crippen LogP contribution in [0.2, 0.25) is 0 Å². The number of hydrogen-bond acceptors (Lipinski definition) is 3. The summed E-state index contributed by atoms with van der Waals surface area (Å²) in [5.41, 5.74) is 8.42. The predicted octanol–water partition coefficient (Wildman–Crippen LogP) is 2.21. The Morgan fingerprint density at radius 3 is 1.35 bits per heavy atom. The molecule has 3 nitrogen and oxygen atoms in total. The van der Waals surface area contributed by atoms with Crippen molar-refractivity contribution in [1.29, 1.82) is 0 Å². The van der Waals surface area contributed by atoms with Gasteiger partial charge in [-0.05, 0) is 11.1 Å². The van der Waals surface area contributed by atoms with Crippen LogP contribution < -0.4 is 5.73 Å². The molecule has 0 unspecified atom stereocenters. The van der Waals surface area contributed by atoms with Gasteiger partial charge in [0.05, 0.1) is 6.04 Å². The Bertz CT molecular complexity index is 369. The first-order valence-electron chi connectivity index (χ1n) is 5.18. The van der Waals surface area contributed by atoms with Gasteiger partial charge in [0.1, 0.15) is 9.03 Å². The van der Waals surface area contributed by atoms with Crippen LogP contribution in [0.5, 0.6) is 0 Å². The summed E-state index contributed by atoms with van der Waals surface area (Å²) < 4.78 is 0. The predicted molar refractivity (Wildman–Crippen MR) is 71.7 cm³/mol. The second kappa shape index (κ2) is 7.93. The van der Waals surface area contributed by atoms with Crippen LogP contribution in [-0.2, 0) is 0 Å². The van der Waals surface area contributed by atoms with Gasteiger partial charge < -0.3 is 15.5 Å². The lowest BCUT2D eigenvalue weighted by molar-refractivity contribution is 0.513. The Hall–Kier alpha value is -1.25. The summed E-state index contributed by atoms with van der Waals surface area (Å²) in [5.74, 6) is 0. The summed E-state index contributed by atoms with van der Waals surface area (Å²) in [7, 11) is -0.917. The molecule has 2 rings (SSSR count). The van der Waals surface area contributed by atoms with E-state index in [9.17, 15) is 0 Å². The van der Waals surface area contributed by atoms with Gasteiger partial charge >= 0.3 is 0 Å². The number of rotatable bonds is 2. The quantitative estimate of drug-likeness (QED) is 0.715. The molecule has 0 bridgehead atoms. The second-order valence-corrected chi connectivity index (χ2v) is 3.60. The highest BCUT2D eigenvalue weighted by atomic mass is 31.1. The van der Waals surface area contributed by atoms with Gasteiger partial charge in [-0.1, -0.05) is 60.7 Å². The van der Waals surface area contributed by atoms with E-state index in [1.807, 2.05) is 36.4 Å².